The van der Waals surface area contributed by atoms with E-state index in [4.69, 9.17) is 32.7 Å². The van der Waals surface area contributed by atoms with Crippen LogP contribution < -0.4 is 19.9 Å². The molecule has 0 radical (unpaired) electrons. The Kier molecular flexibility index (Phi) is 5.86. The van der Waals surface area contributed by atoms with Gasteiger partial charge in [0.25, 0.3) is 11.5 Å². The van der Waals surface area contributed by atoms with Crippen LogP contribution in [0.2, 0.25) is 10.0 Å². The zero-order valence-electron chi connectivity index (χ0n) is 17.5. The van der Waals surface area contributed by atoms with Crippen molar-refractivity contribution in [3.05, 3.63) is 74.6 Å². The first kappa shape index (κ1) is 21.6. The molecule has 2 aliphatic rings. The third-order valence-electron chi connectivity index (χ3n) is 5.65. The standard InChI is InChI=1S/C23H20Cl2N4O4/c24-17-12-15(13-19-21(17)33-11-10-32-19)22(30)28-8-6-27(7-9-28)18-14-26-29(23(31)20(18)25)16-4-2-1-3-5-16/h1-5,12-14H,6-11H2. The summed E-state index contributed by atoms with van der Waals surface area (Å²) in [5.41, 5.74) is 1.26. The normalized spacial score (nSPS) is 15.5. The fourth-order valence-corrected chi connectivity index (χ4v) is 4.48. The minimum Gasteiger partial charge on any atom is -0.486 e. The smallest absolute Gasteiger partial charge is 0.292 e. The van der Waals surface area contributed by atoms with E-state index in [0.717, 1.165) is 0 Å². The van der Waals surface area contributed by atoms with Gasteiger partial charge in [-0.1, -0.05) is 41.4 Å². The largest absolute Gasteiger partial charge is 0.486 e. The van der Waals surface area contributed by atoms with E-state index in [1.807, 2.05) is 23.1 Å². The number of para-hydroxylation sites is 1. The quantitative estimate of drug-likeness (QED) is 0.565. The molecule has 0 saturated carbocycles. The summed E-state index contributed by atoms with van der Waals surface area (Å²) in [7, 11) is 0. The molecule has 0 unspecified atom stereocenters. The van der Waals surface area contributed by atoms with E-state index in [-0.39, 0.29) is 16.5 Å². The molecule has 5 rings (SSSR count). The molecule has 1 aromatic heterocycles. The van der Waals surface area contributed by atoms with Crippen molar-refractivity contribution < 1.29 is 14.3 Å². The number of fused-ring (bicyclic) bond motifs is 1. The average molecular weight is 487 g/mol. The Balaban J connectivity index is 1.31. The molecule has 170 valence electrons. The van der Waals surface area contributed by atoms with Gasteiger partial charge in [-0.25, -0.2) is 0 Å². The van der Waals surface area contributed by atoms with Crippen molar-refractivity contribution in [2.45, 2.75) is 0 Å². The molecule has 1 amide bonds. The lowest BCUT2D eigenvalue weighted by molar-refractivity contribution is 0.0745. The molecular formula is C23H20Cl2N4O4. The number of amides is 1. The zero-order chi connectivity index (χ0) is 22.9. The number of aromatic nitrogens is 2. The molecule has 0 atom stereocenters. The van der Waals surface area contributed by atoms with Crippen LogP contribution in [0.3, 0.4) is 0 Å². The maximum atomic E-state index is 13.1. The molecule has 3 heterocycles. The van der Waals surface area contributed by atoms with Gasteiger partial charge in [0, 0.05) is 31.7 Å². The first-order chi connectivity index (χ1) is 16.0. The molecule has 1 fully saturated rings. The molecule has 8 nitrogen and oxygen atoms in total. The Hall–Kier alpha value is -3.23. The molecule has 0 N–H and O–H groups in total. The molecular weight excluding hydrogens is 467 g/mol. The highest BCUT2D eigenvalue weighted by Crippen LogP contribution is 2.38. The maximum absolute atomic E-state index is 13.1. The van der Waals surface area contributed by atoms with Crippen molar-refractivity contribution in [2.24, 2.45) is 0 Å². The third kappa shape index (κ3) is 4.12. The number of rotatable bonds is 3. The van der Waals surface area contributed by atoms with E-state index in [0.29, 0.717) is 72.9 Å². The number of hydrogen-bond acceptors (Lipinski definition) is 6. The number of piperazine rings is 1. The number of halogens is 2. The fraction of sp³-hybridized carbons (Fsp3) is 0.261. The van der Waals surface area contributed by atoms with Gasteiger partial charge in [-0.3, -0.25) is 9.59 Å². The Bertz CT molecular complexity index is 1260. The highest BCUT2D eigenvalue weighted by atomic mass is 35.5. The summed E-state index contributed by atoms with van der Waals surface area (Å²) >= 11 is 12.7. The fourth-order valence-electron chi connectivity index (χ4n) is 3.97. The van der Waals surface area contributed by atoms with Crippen molar-refractivity contribution in [1.82, 2.24) is 14.7 Å². The van der Waals surface area contributed by atoms with Crippen molar-refractivity contribution >= 4 is 34.8 Å². The first-order valence-electron chi connectivity index (χ1n) is 10.5. The van der Waals surface area contributed by atoms with Gasteiger partial charge >= 0.3 is 0 Å². The number of anilines is 1. The van der Waals surface area contributed by atoms with Crippen molar-refractivity contribution in [3.63, 3.8) is 0 Å². The average Bonchev–Trinajstić information content (AvgIpc) is 2.86. The summed E-state index contributed by atoms with van der Waals surface area (Å²) in [4.78, 5) is 29.6. The van der Waals surface area contributed by atoms with E-state index < -0.39 is 0 Å². The van der Waals surface area contributed by atoms with Crippen LogP contribution in [0.15, 0.2) is 53.5 Å². The lowest BCUT2D eigenvalue weighted by Gasteiger charge is -2.36. The summed E-state index contributed by atoms with van der Waals surface area (Å²) < 4.78 is 12.4. The Morgan fingerprint density at radius 3 is 2.45 bits per heavy atom. The monoisotopic (exact) mass is 486 g/mol. The molecule has 10 heteroatoms. The summed E-state index contributed by atoms with van der Waals surface area (Å²) in [6, 6.07) is 12.4. The molecule has 2 aromatic carbocycles. The van der Waals surface area contributed by atoms with E-state index in [1.54, 1.807) is 35.4 Å². The number of nitrogens with zero attached hydrogens (tertiary/aromatic N) is 4. The van der Waals surface area contributed by atoms with E-state index in [9.17, 15) is 9.59 Å². The van der Waals surface area contributed by atoms with Crippen LogP contribution in [0.1, 0.15) is 10.4 Å². The van der Waals surface area contributed by atoms with E-state index in [1.165, 1.54) is 4.68 Å². The second-order valence-electron chi connectivity index (χ2n) is 7.66. The molecule has 3 aromatic rings. The maximum Gasteiger partial charge on any atom is 0.292 e. The van der Waals surface area contributed by atoms with Gasteiger partial charge < -0.3 is 19.3 Å². The van der Waals surface area contributed by atoms with Gasteiger partial charge in [-0.05, 0) is 24.3 Å². The summed E-state index contributed by atoms with van der Waals surface area (Å²) in [6.45, 7) is 2.79. The molecule has 33 heavy (non-hydrogen) atoms. The number of ether oxygens (including phenoxy) is 2. The molecule has 1 saturated heterocycles. The lowest BCUT2D eigenvalue weighted by Crippen LogP contribution is -2.49. The third-order valence-corrected chi connectivity index (χ3v) is 6.29. The topological polar surface area (TPSA) is 76.9 Å². The Morgan fingerprint density at radius 1 is 0.970 bits per heavy atom. The predicted molar refractivity (Wildman–Crippen MR) is 125 cm³/mol. The second-order valence-corrected chi connectivity index (χ2v) is 8.44. The highest BCUT2D eigenvalue weighted by molar-refractivity contribution is 6.33. The molecule has 0 spiro atoms. The summed E-state index contributed by atoms with van der Waals surface area (Å²) in [5, 5.41) is 4.75. The van der Waals surface area contributed by atoms with Crippen molar-refractivity contribution in [2.75, 3.05) is 44.3 Å². The van der Waals surface area contributed by atoms with Gasteiger partial charge in [0.05, 0.1) is 22.6 Å². The van der Waals surface area contributed by atoms with Crippen LogP contribution in [0.5, 0.6) is 11.5 Å². The minimum atomic E-state index is -0.384. The molecule has 0 aliphatic carbocycles. The van der Waals surface area contributed by atoms with Crippen LogP contribution in [0.4, 0.5) is 5.69 Å². The van der Waals surface area contributed by atoms with Gasteiger partial charge in [0.1, 0.15) is 18.2 Å². The number of benzene rings is 2. The lowest BCUT2D eigenvalue weighted by atomic mass is 10.1. The van der Waals surface area contributed by atoms with Gasteiger partial charge in [-0.2, -0.15) is 9.78 Å². The Morgan fingerprint density at radius 2 is 1.70 bits per heavy atom. The predicted octanol–water partition coefficient (Wildman–Crippen LogP) is 3.27. The SMILES string of the molecule is O=C(c1cc(Cl)c2c(c1)OCCO2)N1CCN(c2cnn(-c3ccccc3)c(=O)c2Cl)CC1. The van der Waals surface area contributed by atoms with Gasteiger partial charge in [0.15, 0.2) is 11.5 Å². The minimum absolute atomic E-state index is 0.104. The van der Waals surface area contributed by atoms with Crippen LogP contribution in [-0.2, 0) is 0 Å². The summed E-state index contributed by atoms with van der Waals surface area (Å²) in [5.74, 6) is 0.807. The van der Waals surface area contributed by atoms with Crippen molar-refractivity contribution in [1.29, 1.82) is 0 Å². The second kappa shape index (κ2) is 8.96. The molecule has 2 aliphatic heterocycles. The van der Waals surface area contributed by atoms with Crippen LogP contribution in [-0.4, -0.2) is 60.0 Å². The summed E-state index contributed by atoms with van der Waals surface area (Å²) in [6.07, 6.45) is 1.59. The van der Waals surface area contributed by atoms with E-state index in [2.05, 4.69) is 5.10 Å². The van der Waals surface area contributed by atoms with Crippen LogP contribution in [0, 0.1) is 0 Å². The van der Waals surface area contributed by atoms with E-state index >= 15 is 0 Å². The van der Waals surface area contributed by atoms with Crippen molar-refractivity contribution in [3.8, 4) is 17.2 Å². The highest BCUT2D eigenvalue weighted by Gasteiger charge is 2.27. The molecule has 0 bridgehead atoms. The van der Waals surface area contributed by atoms with Gasteiger partial charge in [0.2, 0.25) is 0 Å². The Labute approximate surface area is 199 Å². The van der Waals surface area contributed by atoms with Gasteiger partial charge in [-0.15, -0.1) is 0 Å². The zero-order valence-corrected chi connectivity index (χ0v) is 19.1. The number of carbonyl (C=O) groups is 1. The van der Waals surface area contributed by atoms with Crippen LogP contribution >= 0.6 is 23.2 Å². The number of carbonyl (C=O) groups excluding carboxylic acids is 1. The first-order valence-corrected chi connectivity index (χ1v) is 11.2. The van der Waals surface area contributed by atoms with Crippen LogP contribution in [0.25, 0.3) is 5.69 Å². The number of hydrogen-bond donors (Lipinski definition) is 0.